The van der Waals surface area contributed by atoms with E-state index < -0.39 is 0 Å². The Kier molecular flexibility index (Phi) is 3.89. The van der Waals surface area contributed by atoms with E-state index in [4.69, 9.17) is 11.1 Å². The third-order valence-electron chi connectivity index (χ3n) is 0.473. The largest absolute Gasteiger partial charge is 0.299 e. The molecule has 0 aromatic rings. The van der Waals surface area contributed by atoms with E-state index >= 15 is 0 Å². The molecule has 42 valence electrons. The summed E-state index contributed by atoms with van der Waals surface area (Å²) in [6.07, 6.45) is 1.13. The van der Waals surface area contributed by atoms with Gasteiger partial charge in [-0.25, -0.2) is 0 Å². The van der Waals surface area contributed by atoms with Crippen LogP contribution in [0.3, 0.4) is 0 Å². The SMILES string of the molecule is CCCSC(N)=[NH2+]. The third kappa shape index (κ3) is 5.82. The van der Waals surface area contributed by atoms with Crippen molar-refractivity contribution >= 4 is 16.9 Å². The normalized spacial score (nSPS) is 8.71. The maximum absolute atomic E-state index is 5.14. The molecule has 0 saturated heterocycles. The molecule has 0 aromatic carbocycles. The number of hydrogen-bond donors (Lipinski definition) is 2. The van der Waals surface area contributed by atoms with Gasteiger partial charge in [-0.2, -0.15) is 0 Å². The van der Waals surface area contributed by atoms with Crippen LogP contribution in [0, 0.1) is 0 Å². The predicted molar refractivity (Wildman–Crippen MR) is 33.9 cm³/mol. The Hall–Kier alpha value is -0.180. The molecule has 0 aliphatic heterocycles. The van der Waals surface area contributed by atoms with Gasteiger partial charge in [0.2, 0.25) is 0 Å². The van der Waals surface area contributed by atoms with Gasteiger partial charge in [0.05, 0.1) is 0 Å². The van der Waals surface area contributed by atoms with Crippen molar-refractivity contribution in [3.05, 3.63) is 0 Å². The number of nitrogens with two attached hydrogens (primary N) is 2. The van der Waals surface area contributed by atoms with Crippen LogP contribution in [0.2, 0.25) is 0 Å². The fraction of sp³-hybridized carbons (Fsp3) is 0.750. The minimum Gasteiger partial charge on any atom is -0.282 e. The first-order chi connectivity index (χ1) is 3.27. The van der Waals surface area contributed by atoms with Gasteiger partial charge in [-0.15, -0.1) is 0 Å². The Morgan fingerprint density at radius 2 is 2.43 bits per heavy atom. The molecule has 0 aliphatic rings. The van der Waals surface area contributed by atoms with E-state index in [1.165, 1.54) is 11.8 Å². The lowest BCUT2D eigenvalue weighted by molar-refractivity contribution is -0.110. The summed E-state index contributed by atoms with van der Waals surface area (Å²) in [5.74, 6) is 1.03. The summed E-state index contributed by atoms with van der Waals surface area (Å²) < 4.78 is 0. The van der Waals surface area contributed by atoms with Crippen LogP contribution >= 0.6 is 11.8 Å². The zero-order valence-electron chi connectivity index (χ0n) is 4.48. The molecule has 2 nitrogen and oxygen atoms in total. The standard InChI is InChI=1S/C4H10N2S/c1-2-3-7-4(5)6/h2-3H2,1H3,(H3,5,6)/p+1. The lowest BCUT2D eigenvalue weighted by Crippen LogP contribution is -2.43. The Labute approximate surface area is 48.0 Å². The molecule has 3 heteroatoms. The molecule has 0 aliphatic carbocycles. The second kappa shape index (κ2) is 3.99. The van der Waals surface area contributed by atoms with Crippen LogP contribution in [-0.4, -0.2) is 10.9 Å². The maximum atomic E-state index is 5.14. The third-order valence-corrected chi connectivity index (χ3v) is 1.42. The first-order valence-electron chi connectivity index (χ1n) is 2.28. The number of amidine groups is 1. The van der Waals surface area contributed by atoms with E-state index in [0.29, 0.717) is 5.17 Å². The average molecular weight is 119 g/mol. The number of thioether (sulfide) groups is 1. The summed E-state index contributed by atoms with van der Waals surface area (Å²) >= 11 is 1.50. The molecule has 0 radical (unpaired) electrons. The van der Waals surface area contributed by atoms with Crippen LogP contribution < -0.4 is 11.1 Å². The van der Waals surface area contributed by atoms with Crippen LogP contribution in [-0.2, 0) is 0 Å². The van der Waals surface area contributed by atoms with E-state index in [2.05, 4.69) is 6.92 Å². The van der Waals surface area contributed by atoms with Crippen molar-refractivity contribution in [2.45, 2.75) is 13.3 Å². The van der Waals surface area contributed by atoms with Gasteiger partial charge in [0.25, 0.3) is 5.17 Å². The molecule has 0 aromatic heterocycles. The molecule has 0 fully saturated rings. The predicted octanol–water partition coefficient (Wildman–Crippen LogP) is -0.797. The van der Waals surface area contributed by atoms with Crippen LogP contribution in [0.15, 0.2) is 0 Å². The van der Waals surface area contributed by atoms with Gasteiger partial charge in [-0.1, -0.05) is 6.92 Å². The highest BCUT2D eigenvalue weighted by Crippen LogP contribution is 1.95. The van der Waals surface area contributed by atoms with Crippen molar-refractivity contribution in [1.82, 2.24) is 0 Å². The fourth-order valence-corrected chi connectivity index (χ4v) is 0.660. The van der Waals surface area contributed by atoms with E-state index in [1.807, 2.05) is 0 Å². The molecule has 7 heavy (non-hydrogen) atoms. The quantitative estimate of drug-likeness (QED) is 0.369. The summed E-state index contributed by atoms with van der Waals surface area (Å²) in [6, 6.07) is 0. The van der Waals surface area contributed by atoms with Gasteiger partial charge in [0.15, 0.2) is 0 Å². The van der Waals surface area contributed by atoms with Crippen molar-refractivity contribution in [3.63, 3.8) is 0 Å². The summed E-state index contributed by atoms with van der Waals surface area (Å²) in [4.78, 5) is 0. The number of rotatable bonds is 2. The molecule has 0 rings (SSSR count). The smallest absolute Gasteiger partial charge is 0.282 e. The van der Waals surface area contributed by atoms with Crippen molar-refractivity contribution in [2.75, 3.05) is 5.75 Å². The first kappa shape index (κ1) is 6.82. The number of hydrogen-bond acceptors (Lipinski definition) is 1. The van der Waals surface area contributed by atoms with Gasteiger partial charge in [-0.3, -0.25) is 11.1 Å². The maximum Gasteiger partial charge on any atom is 0.299 e. The van der Waals surface area contributed by atoms with Gasteiger partial charge < -0.3 is 0 Å². The molecule has 0 saturated carbocycles. The van der Waals surface area contributed by atoms with E-state index in [9.17, 15) is 0 Å². The average Bonchev–Trinajstić information content (AvgIpc) is 1.61. The minimum atomic E-state index is 0.474. The molecule has 0 atom stereocenters. The lowest BCUT2D eigenvalue weighted by Gasteiger charge is -1.84. The molecular weight excluding hydrogens is 108 g/mol. The summed E-state index contributed by atoms with van der Waals surface area (Å²) in [5.41, 5.74) is 5.14. The van der Waals surface area contributed by atoms with Gasteiger partial charge in [0.1, 0.15) is 0 Å². The van der Waals surface area contributed by atoms with Gasteiger partial charge in [-0.05, 0) is 18.2 Å². The van der Waals surface area contributed by atoms with Crippen molar-refractivity contribution < 1.29 is 5.41 Å². The molecular formula is C4H11N2S+. The zero-order valence-corrected chi connectivity index (χ0v) is 5.29. The van der Waals surface area contributed by atoms with Crippen LogP contribution in [0.1, 0.15) is 13.3 Å². The Morgan fingerprint density at radius 3 is 2.57 bits per heavy atom. The molecule has 0 unspecified atom stereocenters. The second-order valence-corrected chi connectivity index (χ2v) is 2.42. The monoisotopic (exact) mass is 119 g/mol. The van der Waals surface area contributed by atoms with E-state index in [0.717, 1.165) is 12.2 Å². The van der Waals surface area contributed by atoms with E-state index in [-0.39, 0.29) is 0 Å². The zero-order chi connectivity index (χ0) is 5.70. The molecule has 0 heterocycles. The summed E-state index contributed by atoms with van der Waals surface area (Å²) in [6.45, 7) is 2.09. The molecule has 0 bridgehead atoms. The second-order valence-electron chi connectivity index (χ2n) is 1.25. The Balaban J connectivity index is 2.82. The topological polar surface area (TPSA) is 51.6 Å². The van der Waals surface area contributed by atoms with Crippen LogP contribution in [0.4, 0.5) is 0 Å². The van der Waals surface area contributed by atoms with Gasteiger partial charge in [0, 0.05) is 5.75 Å². The summed E-state index contributed by atoms with van der Waals surface area (Å²) in [7, 11) is 0. The highest BCUT2D eigenvalue weighted by molar-refractivity contribution is 8.13. The van der Waals surface area contributed by atoms with Crippen molar-refractivity contribution in [1.29, 1.82) is 0 Å². The van der Waals surface area contributed by atoms with Gasteiger partial charge >= 0.3 is 0 Å². The fourth-order valence-electron chi connectivity index (χ4n) is 0.220. The minimum absolute atomic E-state index is 0.474. The molecule has 4 N–H and O–H groups in total. The molecule has 0 spiro atoms. The Morgan fingerprint density at radius 1 is 1.86 bits per heavy atom. The van der Waals surface area contributed by atoms with E-state index in [1.54, 1.807) is 0 Å². The lowest BCUT2D eigenvalue weighted by atomic mass is 10.6. The Bertz CT molecular complexity index is 62.7. The first-order valence-corrected chi connectivity index (χ1v) is 3.26. The van der Waals surface area contributed by atoms with Crippen molar-refractivity contribution in [2.24, 2.45) is 5.73 Å². The highest BCUT2D eigenvalue weighted by atomic mass is 32.2. The van der Waals surface area contributed by atoms with Crippen LogP contribution in [0.25, 0.3) is 0 Å². The van der Waals surface area contributed by atoms with Crippen molar-refractivity contribution in [3.8, 4) is 0 Å². The highest BCUT2D eigenvalue weighted by Gasteiger charge is 1.90. The molecule has 0 amide bonds. The van der Waals surface area contributed by atoms with Crippen LogP contribution in [0.5, 0.6) is 0 Å². The summed E-state index contributed by atoms with van der Waals surface area (Å²) in [5, 5.41) is 5.61.